The van der Waals surface area contributed by atoms with Gasteiger partial charge in [0.05, 0.1) is 5.52 Å². The van der Waals surface area contributed by atoms with Crippen molar-refractivity contribution in [2.24, 2.45) is 0 Å². The molecular formula is C10H8F2N2O2. The van der Waals surface area contributed by atoms with Crippen LogP contribution in [0.3, 0.4) is 0 Å². The van der Waals surface area contributed by atoms with E-state index >= 15 is 0 Å². The highest BCUT2D eigenvalue weighted by Gasteiger charge is 2.37. The SMILES string of the molecule is O=C(O)CC(F)(F)c1[nH]nc2ccccc12. The molecule has 0 atom stereocenters. The summed E-state index contributed by atoms with van der Waals surface area (Å²) in [6.45, 7) is 0. The smallest absolute Gasteiger partial charge is 0.309 e. The lowest BCUT2D eigenvalue weighted by molar-refractivity contribution is -0.145. The molecule has 0 fully saturated rings. The van der Waals surface area contributed by atoms with E-state index in [2.05, 4.69) is 10.2 Å². The number of aromatic amines is 1. The van der Waals surface area contributed by atoms with E-state index in [9.17, 15) is 13.6 Å². The highest BCUT2D eigenvalue weighted by molar-refractivity contribution is 5.82. The van der Waals surface area contributed by atoms with Gasteiger partial charge in [0, 0.05) is 5.39 Å². The normalized spacial score (nSPS) is 11.9. The van der Waals surface area contributed by atoms with Gasteiger partial charge in [-0.25, -0.2) is 0 Å². The van der Waals surface area contributed by atoms with Gasteiger partial charge in [-0.05, 0) is 6.07 Å². The van der Waals surface area contributed by atoms with Crippen molar-refractivity contribution < 1.29 is 18.7 Å². The minimum absolute atomic E-state index is 0.244. The van der Waals surface area contributed by atoms with Crippen molar-refractivity contribution in [2.75, 3.05) is 0 Å². The minimum atomic E-state index is -3.44. The van der Waals surface area contributed by atoms with Crippen LogP contribution in [-0.4, -0.2) is 21.3 Å². The number of hydrogen-bond acceptors (Lipinski definition) is 2. The largest absolute Gasteiger partial charge is 0.481 e. The number of aromatic nitrogens is 2. The van der Waals surface area contributed by atoms with Crippen molar-refractivity contribution >= 4 is 16.9 Å². The number of aliphatic carboxylic acids is 1. The van der Waals surface area contributed by atoms with E-state index in [1.165, 1.54) is 6.07 Å². The van der Waals surface area contributed by atoms with Gasteiger partial charge in [0.15, 0.2) is 0 Å². The van der Waals surface area contributed by atoms with Crippen molar-refractivity contribution in [3.63, 3.8) is 0 Å². The third-order valence-electron chi connectivity index (χ3n) is 2.20. The van der Waals surface area contributed by atoms with E-state index in [4.69, 9.17) is 5.11 Å². The molecule has 0 aliphatic heterocycles. The molecule has 0 saturated heterocycles. The second-order valence-electron chi connectivity index (χ2n) is 3.39. The van der Waals surface area contributed by atoms with E-state index < -0.39 is 24.0 Å². The summed E-state index contributed by atoms with van der Waals surface area (Å²) < 4.78 is 27.0. The Bertz CT molecular complexity index is 536. The molecule has 0 spiro atoms. The van der Waals surface area contributed by atoms with Crippen LogP contribution in [0.4, 0.5) is 8.78 Å². The fourth-order valence-corrected chi connectivity index (χ4v) is 1.52. The van der Waals surface area contributed by atoms with Crippen LogP contribution in [0.5, 0.6) is 0 Å². The van der Waals surface area contributed by atoms with Crippen molar-refractivity contribution in [3.8, 4) is 0 Å². The van der Waals surface area contributed by atoms with E-state index in [-0.39, 0.29) is 5.39 Å². The highest BCUT2D eigenvalue weighted by atomic mass is 19.3. The molecule has 2 rings (SSSR count). The van der Waals surface area contributed by atoms with Crippen LogP contribution in [0.15, 0.2) is 24.3 Å². The van der Waals surface area contributed by atoms with Crippen molar-refractivity contribution in [1.29, 1.82) is 0 Å². The van der Waals surface area contributed by atoms with Gasteiger partial charge in [-0.15, -0.1) is 0 Å². The molecule has 0 aliphatic carbocycles. The number of halogens is 2. The predicted molar refractivity (Wildman–Crippen MR) is 52.2 cm³/mol. The first-order valence-electron chi connectivity index (χ1n) is 4.54. The van der Waals surface area contributed by atoms with Gasteiger partial charge in [0.25, 0.3) is 5.92 Å². The minimum Gasteiger partial charge on any atom is -0.481 e. The molecule has 1 aromatic heterocycles. The van der Waals surface area contributed by atoms with Crippen LogP contribution < -0.4 is 0 Å². The van der Waals surface area contributed by atoms with Gasteiger partial charge in [0.2, 0.25) is 0 Å². The van der Waals surface area contributed by atoms with Gasteiger partial charge in [-0.1, -0.05) is 18.2 Å². The van der Waals surface area contributed by atoms with E-state index in [0.717, 1.165) is 0 Å². The number of rotatable bonds is 3. The molecule has 1 heterocycles. The summed E-state index contributed by atoms with van der Waals surface area (Å²) in [5.74, 6) is -4.99. The number of nitrogens with zero attached hydrogens (tertiary/aromatic N) is 1. The maximum atomic E-state index is 13.5. The quantitative estimate of drug-likeness (QED) is 0.842. The number of H-pyrrole nitrogens is 1. The predicted octanol–water partition coefficient (Wildman–Crippen LogP) is 2.13. The summed E-state index contributed by atoms with van der Waals surface area (Å²) in [5.41, 5.74) is -0.0620. The molecule has 6 heteroatoms. The van der Waals surface area contributed by atoms with Gasteiger partial charge in [-0.3, -0.25) is 9.89 Å². The molecule has 84 valence electrons. The van der Waals surface area contributed by atoms with Gasteiger partial charge >= 0.3 is 5.97 Å². The number of carbonyl (C=O) groups is 1. The Morgan fingerprint density at radius 3 is 2.81 bits per heavy atom. The third-order valence-corrected chi connectivity index (χ3v) is 2.20. The van der Waals surface area contributed by atoms with Crippen LogP contribution in [0.1, 0.15) is 12.1 Å². The Kier molecular flexibility index (Phi) is 2.34. The Balaban J connectivity index is 2.50. The average molecular weight is 226 g/mol. The molecule has 0 unspecified atom stereocenters. The first-order valence-corrected chi connectivity index (χ1v) is 4.54. The number of fused-ring (bicyclic) bond motifs is 1. The van der Waals surface area contributed by atoms with Gasteiger partial charge in [0.1, 0.15) is 12.1 Å². The zero-order valence-corrected chi connectivity index (χ0v) is 8.08. The molecule has 16 heavy (non-hydrogen) atoms. The molecule has 1 aromatic carbocycles. The topological polar surface area (TPSA) is 66.0 Å². The van der Waals surface area contributed by atoms with Crippen molar-refractivity contribution in [2.45, 2.75) is 12.3 Å². The second-order valence-corrected chi connectivity index (χ2v) is 3.39. The average Bonchev–Trinajstić information content (AvgIpc) is 2.59. The number of hydrogen-bond donors (Lipinski definition) is 2. The molecule has 2 N–H and O–H groups in total. The van der Waals surface area contributed by atoms with Crippen LogP contribution in [-0.2, 0) is 10.7 Å². The van der Waals surface area contributed by atoms with Crippen LogP contribution >= 0.6 is 0 Å². The lowest BCUT2D eigenvalue weighted by Crippen LogP contribution is -2.19. The molecule has 0 radical (unpaired) electrons. The first kappa shape index (κ1) is 10.5. The molecule has 0 aliphatic rings. The maximum absolute atomic E-state index is 13.5. The lowest BCUT2D eigenvalue weighted by atomic mass is 10.1. The van der Waals surface area contributed by atoms with Crippen molar-refractivity contribution in [3.05, 3.63) is 30.0 Å². The van der Waals surface area contributed by atoms with E-state index in [1.807, 2.05) is 0 Å². The molecule has 0 amide bonds. The number of carboxylic acids is 1. The lowest BCUT2D eigenvalue weighted by Gasteiger charge is -2.11. The summed E-state index contributed by atoms with van der Waals surface area (Å²) >= 11 is 0. The second kappa shape index (κ2) is 3.55. The number of benzene rings is 1. The summed E-state index contributed by atoms with van der Waals surface area (Å²) in [7, 11) is 0. The number of alkyl halides is 2. The summed E-state index contributed by atoms with van der Waals surface area (Å²) in [4.78, 5) is 10.3. The zero-order valence-electron chi connectivity index (χ0n) is 8.08. The van der Waals surface area contributed by atoms with E-state index in [1.54, 1.807) is 18.2 Å². The Labute approximate surface area is 88.9 Å². The summed E-state index contributed by atoms with van der Waals surface area (Å²) in [6.07, 6.45) is -1.25. The van der Waals surface area contributed by atoms with Crippen molar-refractivity contribution in [1.82, 2.24) is 10.2 Å². The van der Waals surface area contributed by atoms with Gasteiger partial charge in [-0.2, -0.15) is 13.9 Å². The maximum Gasteiger partial charge on any atom is 0.309 e. The molecule has 0 saturated carbocycles. The third kappa shape index (κ3) is 1.73. The van der Waals surface area contributed by atoms with Crippen LogP contribution in [0.25, 0.3) is 10.9 Å². The summed E-state index contributed by atoms with van der Waals surface area (Å²) in [6, 6.07) is 6.32. The van der Waals surface area contributed by atoms with Crippen LogP contribution in [0, 0.1) is 0 Å². The standard InChI is InChI=1S/C10H8F2N2O2/c11-10(12,5-8(15)16)9-6-3-1-2-4-7(6)13-14-9/h1-4H,5H2,(H,13,14)(H,15,16). The van der Waals surface area contributed by atoms with Crippen LogP contribution in [0.2, 0.25) is 0 Å². The Morgan fingerprint density at radius 2 is 2.12 bits per heavy atom. The number of para-hydroxylation sites is 1. The molecule has 4 nitrogen and oxygen atoms in total. The van der Waals surface area contributed by atoms with E-state index in [0.29, 0.717) is 5.52 Å². The Morgan fingerprint density at radius 1 is 1.44 bits per heavy atom. The highest BCUT2D eigenvalue weighted by Crippen LogP contribution is 2.34. The fourth-order valence-electron chi connectivity index (χ4n) is 1.52. The Hall–Kier alpha value is -1.98. The summed E-state index contributed by atoms with van der Waals surface area (Å²) in [5, 5.41) is 14.5. The van der Waals surface area contributed by atoms with Gasteiger partial charge < -0.3 is 5.11 Å². The molecule has 2 aromatic rings. The number of nitrogens with one attached hydrogen (secondary N) is 1. The monoisotopic (exact) mass is 226 g/mol. The zero-order chi connectivity index (χ0) is 11.8. The molecule has 0 bridgehead atoms. The number of carboxylic acid groups (broad SMARTS) is 1. The fraction of sp³-hybridized carbons (Fsp3) is 0.200. The molecular weight excluding hydrogens is 218 g/mol. The first-order chi connectivity index (χ1) is 7.50.